The molecule has 7 heteroatoms. The van der Waals surface area contributed by atoms with Crippen LogP contribution in [0.25, 0.3) is 0 Å². The van der Waals surface area contributed by atoms with Crippen LogP contribution in [0.5, 0.6) is 0 Å². The molecule has 1 atom stereocenters. The number of hydrogen-bond donors (Lipinski definition) is 1. The Bertz CT molecular complexity index is 892. The minimum Gasteiger partial charge on any atom is -0.354 e. The van der Waals surface area contributed by atoms with E-state index in [0.717, 1.165) is 23.1 Å². The van der Waals surface area contributed by atoms with Crippen LogP contribution in [0.1, 0.15) is 43.4 Å². The van der Waals surface area contributed by atoms with E-state index < -0.39 is 6.04 Å². The largest absolute Gasteiger partial charge is 0.354 e. The van der Waals surface area contributed by atoms with Gasteiger partial charge in [-0.2, -0.15) is 0 Å². The van der Waals surface area contributed by atoms with E-state index in [1.54, 1.807) is 11.0 Å². The van der Waals surface area contributed by atoms with Crippen LogP contribution < -0.4 is 5.32 Å². The molecule has 0 heterocycles. The van der Waals surface area contributed by atoms with E-state index in [2.05, 4.69) is 11.4 Å². The third-order valence-electron chi connectivity index (χ3n) is 4.85. The lowest BCUT2D eigenvalue weighted by Gasteiger charge is -2.30. The molecule has 0 spiro atoms. The number of thioether (sulfide) groups is 1. The number of halogens is 2. The highest BCUT2D eigenvalue weighted by Gasteiger charge is 2.28. The summed E-state index contributed by atoms with van der Waals surface area (Å²) < 4.78 is 0. The van der Waals surface area contributed by atoms with Gasteiger partial charge in [0.05, 0.1) is 15.8 Å². The summed E-state index contributed by atoms with van der Waals surface area (Å²) in [4.78, 5) is 27.7. The molecule has 0 aliphatic rings. The molecule has 0 saturated carbocycles. The average molecular weight is 481 g/mol. The van der Waals surface area contributed by atoms with Gasteiger partial charge < -0.3 is 10.2 Å². The van der Waals surface area contributed by atoms with Crippen molar-refractivity contribution in [2.75, 3.05) is 12.3 Å². The quantitative estimate of drug-likeness (QED) is 0.437. The zero-order valence-corrected chi connectivity index (χ0v) is 20.6. The molecule has 31 heavy (non-hydrogen) atoms. The average Bonchev–Trinajstić information content (AvgIpc) is 2.74. The van der Waals surface area contributed by atoms with Gasteiger partial charge in [-0.15, -0.1) is 11.8 Å². The zero-order valence-electron chi connectivity index (χ0n) is 18.3. The van der Waals surface area contributed by atoms with Gasteiger partial charge in [-0.1, -0.05) is 72.9 Å². The maximum absolute atomic E-state index is 13.2. The third kappa shape index (κ3) is 8.06. The second kappa shape index (κ2) is 13.0. The monoisotopic (exact) mass is 480 g/mol. The lowest BCUT2D eigenvalue weighted by atomic mass is 10.1. The summed E-state index contributed by atoms with van der Waals surface area (Å²) in [5.41, 5.74) is 3.15. The predicted octanol–water partition coefficient (Wildman–Crippen LogP) is 5.87. The fraction of sp³-hybridized carbons (Fsp3) is 0.417. The molecule has 4 nitrogen and oxygen atoms in total. The Kier molecular flexibility index (Phi) is 10.7. The van der Waals surface area contributed by atoms with Crippen LogP contribution in [0, 0.1) is 6.92 Å². The summed E-state index contributed by atoms with van der Waals surface area (Å²) in [6.45, 7) is 6.99. The molecule has 0 radical (unpaired) electrons. The molecule has 0 unspecified atom stereocenters. The van der Waals surface area contributed by atoms with Gasteiger partial charge in [0.2, 0.25) is 11.8 Å². The molecule has 2 aromatic carbocycles. The van der Waals surface area contributed by atoms with E-state index in [1.165, 1.54) is 11.8 Å². The van der Waals surface area contributed by atoms with Gasteiger partial charge in [0.15, 0.2) is 0 Å². The van der Waals surface area contributed by atoms with E-state index in [1.807, 2.05) is 51.1 Å². The van der Waals surface area contributed by atoms with E-state index in [0.29, 0.717) is 35.3 Å². The lowest BCUT2D eigenvalue weighted by molar-refractivity contribution is -0.139. The normalized spacial score (nSPS) is 11.8. The van der Waals surface area contributed by atoms with Crippen LogP contribution in [-0.2, 0) is 21.9 Å². The smallest absolute Gasteiger partial charge is 0.242 e. The van der Waals surface area contributed by atoms with Crippen LogP contribution >= 0.6 is 35.0 Å². The Labute approximate surface area is 199 Å². The summed E-state index contributed by atoms with van der Waals surface area (Å²) in [5, 5.41) is 3.96. The third-order valence-corrected chi connectivity index (χ3v) is 6.58. The predicted molar refractivity (Wildman–Crippen MR) is 132 cm³/mol. The standard InChI is InChI=1S/C24H30Cl2N2O2S/c1-4-11-27-24(30)22(5-2)28(14-18-8-6-7-17(3)12-18)23(29)16-31-15-19-9-10-20(25)21(26)13-19/h6-10,12-13,22H,4-5,11,14-16H2,1-3H3,(H,27,30)/t22-/m1/s1. The molecular formula is C24H30Cl2N2O2S. The van der Waals surface area contributed by atoms with Gasteiger partial charge in [0.25, 0.3) is 0 Å². The van der Waals surface area contributed by atoms with Gasteiger partial charge in [-0.05, 0) is 43.0 Å². The van der Waals surface area contributed by atoms with Crippen molar-refractivity contribution < 1.29 is 9.59 Å². The summed E-state index contributed by atoms with van der Waals surface area (Å²) in [5.74, 6) is 0.772. The van der Waals surface area contributed by atoms with Crippen molar-refractivity contribution in [3.05, 3.63) is 69.2 Å². The van der Waals surface area contributed by atoms with Crippen LogP contribution in [0.4, 0.5) is 0 Å². The molecule has 168 valence electrons. The van der Waals surface area contributed by atoms with Crippen molar-refractivity contribution in [2.24, 2.45) is 0 Å². The molecule has 0 fully saturated rings. The minimum atomic E-state index is -0.495. The van der Waals surface area contributed by atoms with Crippen molar-refractivity contribution in [3.63, 3.8) is 0 Å². The van der Waals surface area contributed by atoms with Gasteiger partial charge in [0, 0.05) is 18.8 Å². The van der Waals surface area contributed by atoms with E-state index in [4.69, 9.17) is 23.2 Å². The number of amides is 2. The Balaban J connectivity index is 2.11. The molecule has 0 aromatic heterocycles. The van der Waals surface area contributed by atoms with Crippen molar-refractivity contribution in [2.45, 2.75) is 52.0 Å². The highest BCUT2D eigenvalue weighted by molar-refractivity contribution is 7.99. The highest BCUT2D eigenvalue weighted by atomic mass is 35.5. The number of benzene rings is 2. The first-order chi connectivity index (χ1) is 14.8. The Hall–Kier alpha value is -1.69. The summed E-state index contributed by atoms with van der Waals surface area (Å²) >= 11 is 13.6. The van der Waals surface area contributed by atoms with Crippen LogP contribution in [-0.4, -0.2) is 35.1 Å². The van der Waals surface area contributed by atoms with Crippen molar-refractivity contribution in [1.82, 2.24) is 10.2 Å². The van der Waals surface area contributed by atoms with Crippen molar-refractivity contribution in [1.29, 1.82) is 0 Å². The van der Waals surface area contributed by atoms with Crippen LogP contribution in [0.15, 0.2) is 42.5 Å². The first-order valence-electron chi connectivity index (χ1n) is 10.5. The van der Waals surface area contributed by atoms with Crippen LogP contribution in [0.3, 0.4) is 0 Å². The number of rotatable bonds is 11. The topological polar surface area (TPSA) is 49.4 Å². The number of carbonyl (C=O) groups is 2. The second-order valence-electron chi connectivity index (χ2n) is 7.47. The van der Waals surface area contributed by atoms with Crippen LogP contribution in [0.2, 0.25) is 10.0 Å². The fourth-order valence-electron chi connectivity index (χ4n) is 3.26. The summed E-state index contributed by atoms with van der Waals surface area (Å²) in [6, 6.07) is 13.0. The van der Waals surface area contributed by atoms with E-state index in [-0.39, 0.29) is 17.6 Å². The van der Waals surface area contributed by atoms with Gasteiger partial charge in [-0.25, -0.2) is 0 Å². The summed E-state index contributed by atoms with van der Waals surface area (Å²) in [6.07, 6.45) is 1.41. The second-order valence-corrected chi connectivity index (χ2v) is 9.27. The minimum absolute atomic E-state index is 0.0509. The van der Waals surface area contributed by atoms with Gasteiger partial charge in [-0.3, -0.25) is 9.59 Å². The number of nitrogens with zero attached hydrogens (tertiary/aromatic N) is 1. The first kappa shape index (κ1) is 25.6. The highest BCUT2D eigenvalue weighted by Crippen LogP contribution is 2.25. The molecular weight excluding hydrogens is 451 g/mol. The SMILES string of the molecule is CCCNC(=O)[C@@H](CC)N(Cc1cccc(C)c1)C(=O)CSCc1ccc(Cl)c(Cl)c1. The van der Waals surface area contributed by atoms with E-state index in [9.17, 15) is 9.59 Å². The van der Waals surface area contributed by atoms with E-state index >= 15 is 0 Å². The number of hydrogen-bond acceptors (Lipinski definition) is 3. The molecule has 0 aliphatic carbocycles. The molecule has 0 aliphatic heterocycles. The molecule has 2 aromatic rings. The van der Waals surface area contributed by atoms with Crippen molar-refractivity contribution in [3.8, 4) is 0 Å². The molecule has 0 bridgehead atoms. The Morgan fingerprint density at radius 2 is 1.84 bits per heavy atom. The first-order valence-corrected chi connectivity index (χ1v) is 12.4. The maximum atomic E-state index is 13.2. The zero-order chi connectivity index (χ0) is 22.8. The molecule has 2 amide bonds. The number of aryl methyl sites for hydroxylation is 1. The number of nitrogens with one attached hydrogen (secondary N) is 1. The Morgan fingerprint density at radius 3 is 2.48 bits per heavy atom. The molecule has 2 rings (SSSR count). The molecule has 1 N–H and O–H groups in total. The molecule has 0 saturated heterocycles. The fourth-order valence-corrected chi connectivity index (χ4v) is 4.44. The van der Waals surface area contributed by atoms with Crippen molar-refractivity contribution >= 4 is 46.8 Å². The van der Waals surface area contributed by atoms with Gasteiger partial charge in [0.1, 0.15) is 6.04 Å². The maximum Gasteiger partial charge on any atom is 0.242 e. The summed E-state index contributed by atoms with van der Waals surface area (Å²) in [7, 11) is 0. The lowest BCUT2D eigenvalue weighted by Crippen LogP contribution is -2.49. The Morgan fingerprint density at radius 1 is 1.06 bits per heavy atom. The number of carbonyl (C=O) groups excluding carboxylic acids is 2. The van der Waals surface area contributed by atoms with Gasteiger partial charge >= 0.3 is 0 Å².